The number of nitrogens with zero attached hydrogens (tertiary/aromatic N) is 4. The van der Waals surface area contributed by atoms with Crippen LogP contribution in [0.3, 0.4) is 0 Å². The highest BCUT2D eigenvalue weighted by molar-refractivity contribution is 5.64. The number of aromatic nitrogens is 4. The lowest BCUT2D eigenvalue weighted by Crippen LogP contribution is -1.96. The molecule has 0 aliphatic carbocycles. The first-order chi connectivity index (χ1) is 12.7. The fraction of sp³-hybridized carbons (Fsp3) is 0.100. The van der Waals surface area contributed by atoms with E-state index in [0.717, 1.165) is 16.7 Å². The molecular weight excluding hydrogens is 328 g/mol. The predicted molar refractivity (Wildman–Crippen MR) is 96.9 cm³/mol. The van der Waals surface area contributed by atoms with E-state index in [4.69, 9.17) is 4.42 Å². The van der Waals surface area contributed by atoms with Gasteiger partial charge in [0.1, 0.15) is 5.69 Å². The SMILES string of the molecule is Cc1ncc(-c2cccc(CO)c2)nc1-c1nnc(-c2ccccc2)o1. The van der Waals surface area contributed by atoms with Gasteiger partial charge in [0.05, 0.1) is 24.2 Å². The molecule has 2 aromatic heterocycles. The summed E-state index contributed by atoms with van der Waals surface area (Å²) in [5, 5.41) is 17.6. The van der Waals surface area contributed by atoms with Crippen molar-refractivity contribution in [3.05, 3.63) is 72.1 Å². The maximum Gasteiger partial charge on any atom is 0.268 e. The molecular formula is C20H16N4O2. The molecule has 6 nitrogen and oxygen atoms in total. The number of benzene rings is 2. The van der Waals surface area contributed by atoms with Crippen LogP contribution in [0.1, 0.15) is 11.3 Å². The summed E-state index contributed by atoms with van der Waals surface area (Å²) in [5.74, 6) is 0.767. The molecule has 0 saturated carbocycles. The van der Waals surface area contributed by atoms with Crippen molar-refractivity contribution in [2.45, 2.75) is 13.5 Å². The number of aryl methyl sites for hydroxylation is 1. The van der Waals surface area contributed by atoms with Crippen LogP contribution >= 0.6 is 0 Å². The van der Waals surface area contributed by atoms with Gasteiger partial charge in [0.25, 0.3) is 5.89 Å². The highest BCUT2D eigenvalue weighted by atomic mass is 16.4. The van der Waals surface area contributed by atoms with E-state index in [0.29, 0.717) is 28.9 Å². The van der Waals surface area contributed by atoms with E-state index in [1.807, 2.05) is 61.5 Å². The largest absolute Gasteiger partial charge is 0.415 e. The van der Waals surface area contributed by atoms with Crippen LogP contribution in [0.2, 0.25) is 0 Å². The van der Waals surface area contributed by atoms with Gasteiger partial charge in [0.15, 0.2) is 0 Å². The molecule has 0 bridgehead atoms. The van der Waals surface area contributed by atoms with Gasteiger partial charge < -0.3 is 9.52 Å². The second-order valence-electron chi connectivity index (χ2n) is 5.83. The van der Waals surface area contributed by atoms with E-state index < -0.39 is 0 Å². The minimum absolute atomic E-state index is 0.0237. The first kappa shape index (κ1) is 16.1. The summed E-state index contributed by atoms with van der Waals surface area (Å²) in [4.78, 5) is 9.07. The molecule has 0 unspecified atom stereocenters. The summed E-state index contributed by atoms with van der Waals surface area (Å²) in [6.07, 6.45) is 1.70. The molecule has 6 heteroatoms. The predicted octanol–water partition coefficient (Wildman–Crippen LogP) is 3.66. The summed E-state index contributed by atoms with van der Waals surface area (Å²) in [6.45, 7) is 1.83. The smallest absolute Gasteiger partial charge is 0.268 e. The zero-order chi connectivity index (χ0) is 17.9. The Kier molecular flexibility index (Phi) is 4.25. The van der Waals surface area contributed by atoms with Gasteiger partial charge in [-0.1, -0.05) is 36.4 Å². The van der Waals surface area contributed by atoms with Gasteiger partial charge in [0, 0.05) is 11.1 Å². The third-order valence-corrected chi connectivity index (χ3v) is 4.01. The Labute approximate surface area is 150 Å². The van der Waals surface area contributed by atoms with Gasteiger partial charge in [-0.2, -0.15) is 0 Å². The fourth-order valence-electron chi connectivity index (χ4n) is 2.64. The van der Waals surface area contributed by atoms with E-state index in [1.165, 1.54) is 0 Å². The number of aliphatic hydroxyl groups is 1. The molecule has 4 aromatic rings. The van der Waals surface area contributed by atoms with Crippen molar-refractivity contribution in [2.75, 3.05) is 0 Å². The van der Waals surface area contributed by atoms with Crippen LogP contribution in [-0.2, 0) is 6.61 Å². The van der Waals surface area contributed by atoms with E-state index in [1.54, 1.807) is 6.20 Å². The minimum Gasteiger partial charge on any atom is -0.415 e. The molecule has 1 N–H and O–H groups in total. The zero-order valence-electron chi connectivity index (χ0n) is 14.1. The van der Waals surface area contributed by atoms with Crippen LogP contribution in [0.5, 0.6) is 0 Å². The van der Waals surface area contributed by atoms with Crippen LogP contribution in [0.25, 0.3) is 34.3 Å². The van der Waals surface area contributed by atoms with Crippen LogP contribution in [0, 0.1) is 6.92 Å². The average molecular weight is 344 g/mol. The Balaban J connectivity index is 1.74. The topological polar surface area (TPSA) is 84.9 Å². The van der Waals surface area contributed by atoms with Crippen molar-refractivity contribution in [3.8, 4) is 34.3 Å². The molecule has 26 heavy (non-hydrogen) atoms. The maximum atomic E-state index is 9.33. The Morgan fingerprint density at radius 2 is 1.69 bits per heavy atom. The van der Waals surface area contributed by atoms with Crippen LogP contribution in [0.15, 0.2) is 65.2 Å². The first-order valence-electron chi connectivity index (χ1n) is 8.17. The summed E-state index contributed by atoms with van der Waals surface area (Å²) >= 11 is 0. The second kappa shape index (κ2) is 6.85. The molecule has 0 fully saturated rings. The van der Waals surface area contributed by atoms with Gasteiger partial charge in [-0.15, -0.1) is 10.2 Å². The van der Waals surface area contributed by atoms with Crippen molar-refractivity contribution in [3.63, 3.8) is 0 Å². The lowest BCUT2D eigenvalue weighted by Gasteiger charge is -2.06. The highest BCUT2D eigenvalue weighted by Gasteiger charge is 2.16. The summed E-state index contributed by atoms with van der Waals surface area (Å²) < 4.78 is 5.81. The molecule has 2 heterocycles. The Morgan fingerprint density at radius 1 is 0.923 bits per heavy atom. The van der Waals surface area contributed by atoms with Gasteiger partial charge >= 0.3 is 0 Å². The molecule has 0 radical (unpaired) electrons. The number of aliphatic hydroxyl groups excluding tert-OH is 1. The molecule has 128 valence electrons. The Bertz CT molecular complexity index is 1040. The van der Waals surface area contributed by atoms with E-state index in [9.17, 15) is 5.11 Å². The number of rotatable bonds is 4. The fourth-order valence-corrected chi connectivity index (χ4v) is 2.64. The average Bonchev–Trinajstić information content (AvgIpc) is 3.19. The molecule has 0 saturated heterocycles. The minimum atomic E-state index is -0.0237. The summed E-state index contributed by atoms with van der Waals surface area (Å²) in [7, 11) is 0. The highest BCUT2D eigenvalue weighted by Crippen LogP contribution is 2.26. The lowest BCUT2D eigenvalue weighted by molar-refractivity contribution is 0.282. The van der Waals surface area contributed by atoms with Crippen LogP contribution in [0.4, 0.5) is 0 Å². The number of hydrogen-bond acceptors (Lipinski definition) is 6. The van der Waals surface area contributed by atoms with Gasteiger partial charge in [0.2, 0.25) is 5.89 Å². The van der Waals surface area contributed by atoms with E-state index in [-0.39, 0.29) is 6.61 Å². The molecule has 0 aliphatic rings. The lowest BCUT2D eigenvalue weighted by atomic mass is 10.1. The third-order valence-electron chi connectivity index (χ3n) is 4.01. The van der Waals surface area contributed by atoms with Crippen molar-refractivity contribution in [1.82, 2.24) is 20.2 Å². The molecule has 0 spiro atoms. The maximum absolute atomic E-state index is 9.33. The summed E-state index contributed by atoms with van der Waals surface area (Å²) in [5.41, 5.74) is 4.47. The van der Waals surface area contributed by atoms with Crippen molar-refractivity contribution < 1.29 is 9.52 Å². The first-order valence-corrected chi connectivity index (χ1v) is 8.17. The van der Waals surface area contributed by atoms with E-state index >= 15 is 0 Å². The molecule has 0 aliphatic heterocycles. The van der Waals surface area contributed by atoms with Crippen molar-refractivity contribution in [2.24, 2.45) is 0 Å². The normalized spacial score (nSPS) is 10.8. The summed E-state index contributed by atoms with van der Waals surface area (Å²) in [6, 6.07) is 17.1. The molecule has 4 rings (SSSR count). The monoisotopic (exact) mass is 344 g/mol. The van der Waals surface area contributed by atoms with E-state index in [2.05, 4.69) is 20.2 Å². The van der Waals surface area contributed by atoms with Crippen LogP contribution < -0.4 is 0 Å². The Hall–Kier alpha value is -3.38. The standard InChI is InChI=1S/C20H16N4O2/c1-13-18(20-24-23-19(26-20)15-7-3-2-4-8-15)22-17(11-21-13)16-9-5-6-14(10-16)12-25/h2-11,25H,12H2,1H3. The quantitative estimate of drug-likeness (QED) is 0.608. The van der Waals surface area contributed by atoms with Crippen LogP contribution in [-0.4, -0.2) is 25.3 Å². The van der Waals surface area contributed by atoms with Gasteiger partial charge in [-0.25, -0.2) is 4.98 Å². The van der Waals surface area contributed by atoms with Crippen molar-refractivity contribution in [1.29, 1.82) is 0 Å². The van der Waals surface area contributed by atoms with Gasteiger partial charge in [-0.3, -0.25) is 4.98 Å². The number of hydrogen-bond donors (Lipinski definition) is 1. The second-order valence-corrected chi connectivity index (χ2v) is 5.83. The third kappa shape index (κ3) is 3.10. The Morgan fingerprint density at radius 3 is 2.50 bits per heavy atom. The zero-order valence-corrected chi connectivity index (χ0v) is 14.1. The molecule has 0 atom stereocenters. The van der Waals surface area contributed by atoms with Crippen molar-refractivity contribution >= 4 is 0 Å². The molecule has 2 aromatic carbocycles. The molecule has 0 amide bonds. The van der Waals surface area contributed by atoms with Gasteiger partial charge in [-0.05, 0) is 30.7 Å².